The highest BCUT2D eigenvalue weighted by Gasteiger charge is 1.92. The molecule has 0 spiro atoms. The predicted molar refractivity (Wildman–Crippen MR) is 64.5 cm³/mol. The second kappa shape index (κ2) is 8.94. The molecule has 3 nitrogen and oxygen atoms in total. The summed E-state index contributed by atoms with van der Waals surface area (Å²) in [5.41, 5.74) is 11.6. The highest BCUT2D eigenvalue weighted by atomic mass is 35.5. The van der Waals surface area contributed by atoms with Crippen LogP contribution in [0.2, 0.25) is 0 Å². The molecule has 0 unspecified atom stereocenters. The average molecular weight is 239 g/mol. The molecule has 82 valence electrons. The van der Waals surface area contributed by atoms with Crippen molar-refractivity contribution in [3.8, 4) is 5.75 Å². The van der Waals surface area contributed by atoms with Crippen LogP contribution in [-0.4, -0.2) is 13.2 Å². The third-order valence-corrected chi connectivity index (χ3v) is 1.48. The quantitative estimate of drug-likeness (QED) is 0.622. The number of nitrogens with two attached hydrogens (primary N) is 2. The summed E-state index contributed by atoms with van der Waals surface area (Å²) in [7, 11) is 0. The van der Waals surface area contributed by atoms with Crippen LogP contribution >= 0.6 is 24.8 Å². The van der Waals surface area contributed by atoms with Gasteiger partial charge in [-0.25, -0.2) is 0 Å². The second-order valence-corrected chi connectivity index (χ2v) is 2.56. The van der Waals surface area contributed by atoms with E-state index in [-0.39, 0.29) is 24.8 Å². The van der Waals surface area contributed by atoms with Crippen LogP contribution in [0.1, 0.15) is 6.42 Å². The molecule has 0 heterocycles. The van der Waals surface area contributed by atoms with E-state index in [0.29, 0.717) is 13.2 Å². The van der Waals surface area contributed by atoms with E-state index in [1.165, 1.54) is 0 Å². The van der Waals surface area contributed by atoms with Crippen LogP contribution in [0.4, 0.5) is 5.69 Å². The van der Waals surface area contributed by atoms with Gasteiger partial charge in [-0.05, 0) is 25.1 Å². The van der Waals surface area contributed by atoms with Gasteiger partial charge in [0.2, 0.25) is 0 Å². The lowest BCUT2D eigenvalue weighted by Crippen LogP contribution is -2.06. The van der Waals surface area contributed by atoms with Gasteiger partial charge in [-0.15, -0.1) is 24.8 Å². The van der Waals surface area contributed by atoms with Crippen LogP contribution in [0.3, 0.4) is 0 Å². The Labute approximate surface area is 96.6 Å². The van der Waals surface area contributed by atoms with Crippen LogP contribution in [0.15, 0.2) is 24.3 Å². The molecule has 0 aliphatic heterocycles. The zero-order valence-corrected chi connectivity index (χ0v) is 9.44. The fourth-order valence-electron chi connectivity index (χ4n) is 0.878. The van der Waals surface area contributed by atoms with Crippen molar-refractivity contribution >= 4 is 30.5 Å². The molecule has 1 aromatic rings. The van der Waals surface area contributed by atoms with Gasteiger partial charge in [-0.3, -0.25) is 0 Å². The molecule has 0 aliphatic rings. The fraction of sp³-hybridized carbons (Fsp3) is 0.333. The summed E-state index contributed by atoms with van der Waals surface area (Å²) in [6, 6.07) is 7.38. The van der Waals surface area contributed by atoms with Gasteiger partial charge < -0.3 is 16.2 Å². The molecule has 0 saturated heterocycles. The van der Waals surface area contributed by atoms with E-state index >= 15 is 0 Å². The number of rotatable bonds is 4. The van der Waals surface area contributed by atoms with Crippen molar-refractivity contribution in [3.05, 3.63) is 24.3 Å². The van der Waals surface area contributed by atoms with E-state index in [2.05, 4.69) is 0 Å². The molecule has 14 heavy (non-hydrogen) atoms. The van der Waals surface area contributed by atoms with Gasteiger partial charge in [0.15, 0.2) is 0 Å². The van der Waals surface area contributed by atoms with Crippen molar-refractivity contribution in [2.24, 2.45) is 5.73 Å². The lowest BCUT2D eigenvalue weighted by Gasteiger charge is -2.04. The minimum Gasteiger partial charge on any atom is -0.493 e. The maximum Gasteiger partial charge on any atom is 0.121 e. The maximum absolute atomic E-state index is 5.56. The summed E-state index contributed by atoms with van der Waals surface area (Å²) in [5, 5.41) is 0. The third kappa shape index (κ3) is 5.91. The monoisotopic (exact) mass is 238 g/mol. The number of nitrogen functional groups attached to an aromatic ring is 1. The van der Waals surface area contributed by atoms with Gasteiger partial charge in [0.05, 0.1) is 6.61 Å². The standard InChI is InChI=1S/C9H14N2O.2ClH/c10-5-2-6-12-9-4-1-3-8(11)7-9;;/h1,3-4,7H,2,5-6,10-11H2;2*1H. The maximum atomic E-state index is 5.56. The molecule has 0 aliphatic carbocycles. The summed E-state index contributed by atoms with van der Waals surface area (Å²) in [4.78, 5) is 0. The SMILES string of the molecule is Cl.Cl.NCCCOc1cccc(N)c1. The van der Waals surface area contributed by atoms with Gasteiger partial charge in [-0.2, -0.15) is 0 Å². The Balaban J connectivity index is 0. The Kier molecular flexibility index (Phi) is 10.1. The Hall–Kier alpha value is -0.640. The van der Waals surface area contributed by atoms with E-state index < -0.39 is 0 Å². The van der Waals surface area contributed by atoms with Crippen LogP contribution in [-0.2, 0) is 0 Å². The van der Waals surface area contributed by atoms with E-state index in [1.807, 2.05) is 18.2 Å². The van der Waals surface area contributed by atoms with Gasteiger partial charge in [0, 0.05) is 11.8 Å². The minimum absolute atomic E-state index is 0. The van der Waals surface area contributed by atoms with E-state index in [0.717, 1.165) is 17.9 Å². The number of anilines is 1. The third-order valence-electron chi connectivity index (χ3n) is 1.48. The zero-order chi connectivity index (χ0) is 8.81. The highest BCUT2D eigenvalue weighted by Crippen LogP contribution is 2.14. The highest BCUT2D eigenvalue weighted by molar-refractivity contribution is 5.85. The molecule has 1 aromatic carbocycles. The Morgan fingerprint density at radius 2 is 1.93 bits per heavy atom. The number of ether oxygens (including phenoxy) is 1. The fourth-order valence-corrected chi connectivity index (χ4v) is 0.878. The molecule has 0 bridgehead atoms. The largest absolute Gasteiger partial charge is 0.493 e. The minimum atomic E-state index is 0. The number of benzene rings is 1. The van der Waals surface area contributed by atoms with Crippen molar-refractivity contribution in [2.75, 3.05) is 18.9 Å². The number of hydrogen-bond donors (Lipinski definition) is 2. The Morgan fingerprint density at radius 3 is 2.50 bits per heavy atom. The summed E-state index contributed by atoms with van der Waals surface area (Å²) in [6.45, 7) is 1.31. The molecule has 4 N–H and O–H groups in total. The van der Waals surface area contributed by atoms with E-state index in [9.17, 15) is 0 Å². The van der Waals surface area contributed by atoms with Gasteiger partial charge in [0.25, 0.3) is 0 Å². The van der Waals surface area contributed by atoms with Crippen molar-refractivity contribution in [1.29, 1.82) is 0 Å². The number of halogens is 2. The first-order chi connectivity index (χ1) is 5.83. The van der Waals surface area contributed by atoms with Gasteiger partial charge in [0.1, 0.15) is 5.75 Å². The van der Waals surface area contributed by atoms with Crippen LogP contribution in [0.5, 0.6) is 5.75 Å². The van der Waals surface area contributed by atoms with Crippen molar-refractivity contribution in [1.82, 2.24) is 0 Å². The first-order valence-corrected chi connectivity index (χ1v) is 4.01. The van der Waals surface area contributed by atoms with E-state index in [4.69, 9.17) is 16.2 Å². The summed E-state index contributed by atoms with van der Waals surface area (Å²) in [6.07, 6.45) is 0.870. The van der Waals surface area contributed by atoms with Gasteiger partial charge >= 0.3 is 0 Å². The topological polar surface area (TPSA) is 61.3 Å². The molecule has 0 saturated carbocycles. The number of hydrogen-bond acceptors (Lipinski definition) is 3. The lowest BCUT2D eigenvalue weighted by molar-refractivity contribution is 0.313. The molecule has 0 aromatic heterocycles. The molecule has 0 fully saturated rings. The summed E-state index contributed by atoms with van der Waals surface area (Å²) < 4.78 is 5.37. The smallest absolute Gasteiger partial charge is 0.121 e. The van der Waals surface area contributed by atoms with Crippen LogP contribution < -0.4 is 16.2 Å². The van der Waals surface area contributed by atoms with Crippen LogP contribution in [0.25, 0.3) is 0 Å². The summed E-state index contributed by atoms with van der Waals surface area (Å²) >= 11 is 0. The van der Waals surface area contributed by atoms with Gasteiger partial charge in [-0.1, -0.05) is 6.07 Å². The molecule has 0 radical (unpaired) electrons. The molecule has 0 amide bonds. The average Bonchev–Trinajstić information content (AvgIpc) is 2.05. The Morgan fingerprint density at radius 1 is 1.21 bits per heavy atom. The second-order valence-electron chi connectivity index (χ2n) is 2.56. The van der Waals surface area contributed by atoms with Crippen LogP contribution in [0, 0.1) is 0 Å². The van der Waals surface area contributed by atoms with Crippen molar-refractivity contribution < 1.29 is 4.74 Å². The molecule has 5 heteroatoms. The van der Waals surface area contributed by atoms with Crippen molar-refractivity contribution in [2.45, 2.75) is 6.42 Å². The molecular formula is C9H16Cl2N2O. The Bertz CT molecular complexity index is 246. The van der Waals surface area contributed by atoms with Crippen molar-refractivity contribution in [3.63, 3.8) is 0 Å². The summed E-state index contributed by atoms with van der Waals surface area (Å²) in [5.74, 6) is 0.809. The predicted octanol–water partition coefficient (Wildman–Crippen LogP) is 1.84. The van der Waals surface area contributed by atoms with E-state index in [1.54, 1.807) is 6.07 Å². The zero-order valence-electron chi connectivity index (χ0n) is 7.81. The first-order valence-electron chi connectivity index (χ1n) is 4.01. The lowest BCUT2D eigenvalue weighted by atomic mass is 10.3. The molecule has 1 rings (SSSR count). The normalized spacial score (nSPS) is 8.36. The first kappa shape index (κ1) is 15.8. The molecular weight excluding hydrogens is 223 g/mol. The molecule has 0 atom stereocenters.